The fraction of sp³-hybridized carbons (Fsp3) is 0.303. The number of fused-ring (bicyclic) bond motifs is 1. The van der Waals surface area contributed by atoms with Crippen molar-refractivity contribution in [3.05, 3.63) is 113 Å². The molecule has 3 aromatic carbocycles. The van der Waals surface area contributed by atoms with Gasteiger partial charge >= 0.3 is 0 Å². The van der Waals surface area contributed by atoms with E-state index < -0.39 is 0 Å². The van der Waals surface area contributed by atoms with Crippen molar-refractivity contribution >= 4 is 22.9 Å². The Labute approximate surface area is 220 Å². The number of carbonyl (C=O) groups excluding carboxylic acids is 1. The van der Waals surface area contributed by atoms with Gasteiger partial charge in [-0.1, -0.05) is 90.5 Å². The summed E-state index contributed by atoms with van der Waals surface area (Å²) in [7, 11) is 0. The minimum Gasteiger partial charge on any atom is -0.347 e. The van der Waals surface area contributed by atoms with Crippen molar-refractivity contribution < 1.29 is 4.79 Å². The third-order valence-corrected chi connectivity index (χ3v) is 7.59. The zero-order valence-electron chi connectivity index (χ0n) is 22.0. The zero-order chi connectivity index (χ0) is 25.6. The maximum Gasteiger partial charge on any atom is 0.223 e. The number of para-hydroxylation sites is 1. The number of carbonyl (C=O) groups is 1. The fourth-order valence-electron chi connectivity index (χ4n) is 5.41. The molecular formula is C33H37N3O. The van der Waals surface area contributed by atoms with E-state index in [-0.39, 0.29) is 11.8 Å². The van der Waals surface area contributed by atoms with Gasteiger partial charge in [-0.25, -0.2) is 0 Å². The van der Waals surface area contributed by atoms with E-state index in [1.54, 1.807) is 0 Å². The van der Waals surface area contributed by atoms with Gasteiger partial charge in [-0.3, -0.25) is 9.69 Å². The molecule has 1 fully saturated rings. The summed E-state index contributed by atoms with van der Waals surface area (Å²) < 4.78 is 2.30. The third-order valence-electron chi connectivity index (χ3n) is 7.59. The summed E-state index contributed by atoms with van der Waals surface area (Å²) in [5.74, 6) is 0.288. The van der Waals surface area contributed by atoms with Gasteiger partial charge in [0.2, 0.25) is 5.91 Å². The van der Waals surface area contributed by atoms with Gasteiger partial charge in [0.05, 0.1) is 0 Å². The average molecular weight is 492 g/mol. The first-order valence-corrected chi connectivity index (χ1v) is 13.5. The molecule has 2 heterocycles. The summed E-state index contributed by atoms with van der Waals surface area (Å²) in [5, 5.41) is 1.25. The van der Waals surface area contributed by atoms with E-state index in [1.165, 1.54) is 33.2 Å². The minimum absolute atomic E-state index is 0.0395. The zero-order valence-corrected chi connectivity index (χ0v) is 22.0. The van der Waals surface area contributed by atoms with Crippen LogP contribution < -0.4 is 0 Å². The van der Waals surface area contributed by atoms with E-state index in [4.69, 9.17) is 0 Å². The van der Waals surface area contributed by atoms with Crippen LogP contribution >= 0.6 is 0 Å². The summed E-state index contributed by atoms with van der Waals surface area (Å²) in [6, 6.07) is 27.7. The topological polar surface area (TPSA) is 28.5 Å². The van der Waals surface area contributed by atoms with Crippen LogP contribution in [0.25, 0.3) is 17.0 Å². The van der Waals surface area contributed by atoms with E-state index in [2.05, 4.69) is 119 Å². The molecule has 190 valence electrons. The number of hydrogen-bond acceptors (Lipinski definition) is 2. The predicted octanol–water partition coefficient (Wildman–Crippen LogP) is 6.35. The molecule has 4 nitrogen and oxygen atoms in total. The van der Waals surface area contributed by atoms with Crippen LogP contribution in [0.4, 0.5) is 0 Å². The molecule has 0 spiro atoms. The van der Waals surface area contributed by atoms with Gasteiger partial charge in [-0.05, 0) is 36.6 Å². The van der Waals surface area contributed by atoms with Gasteiger partial charge in [0, 0.05) is 68.7 Å². The first-order chi connectivity index (χ1) is 18.1. The Morgan fingerprint density at radius 1 is 0.892 bits per heavy atom. The quantitative estimate of drug-likeness (QED) is 0.287. The molecule has 0 N–H and O–H groups in total. The number of benzene rings is 3. The maximum absolute atomic E-state index is 13.6. The standard InChI is InChI=1S/C33H37N3O/c1-3-35-25-31(29-13-7-8-14-32(29)35)30(28-17-15-26(2)16-18-28)24-33(37)36-22-20-34(21-23-36)19-9-12-27-10-5-4-6-11-27/h4-18,25,30H,3,19-24H2,1-2H3/b12-9+. The Morgan fingerprint density at radius 3 is 2.32 bits per heavy atom. The summed E-state index contributed by atoms with van der Waals surface area (Å²) in [4.78, 5) is 18.1. The Kier molecular flexibility index (Phi) is 7.86. The highest BCUT2D eigenvalue weighted by Gasteiger charge is 2.27. The van der Waals surface area contributed by atoms with Crippen molar-refractivity contribution in [2.24, 2.45) is 0 Å². The molecule has 1 amide bonds. The molecule has 1 aromatic heterocycles. The van der Waals surface area contributed by atoms with Crippen molar-refractivity contribution in [2.45, 2.75) is 32.7 Å². The molecular weight excluding hydrogens is 454 g/mol. The Bertz CT molecular complexity index is 1350. The largest absolute Gasteiger partial charge is 0.347 e. The molecule has 0 radical (unpaired) electrons. The van der Waals surface area contributed by atoms with Crippen LogP contribution in [0.5, 0.6) is 0 Å². The molecule has 1 aliphatic rings. The Hall–Kier alpha value is -3.63. The van der Waals surface area contributed by atoms with Gasteiger partial charge in [-0.15, -0.1) is 0 Å². The van der Waals surface area contributed by atoms with E-state index in [1.807, 2.05) is 6.07 Å². The monoisotopic (exact) mass is 491 g/mol. The first kappa shape index (κ1) is 25.0. The Balaban J connectivity index is 1.29. The van der Waals surface area contributed by atoms with Crippen LogP contribution in [0, 0.1) is 6.92 Å². The molecule has 0 saturated carbocycles. The Morgan fingerprint density at radius 2 is 1.59 bits per heavy atom. The molecule has 4 aromatic rings. The summed E-state index contributed by atoms with van der Waals surface area (Å²) in [5.41, 5.74) is 6.16. The van der Waals surface area contributed by atoms with Crippen LogP contribution in [0.2, 0.25) is 0 Å². The van der Waals surface area contributed by atoms with Crippen molar-refractivity contribution in [3.8, 4) is 0 Å². The number of aryl methyl sites for hydroxylation is 2. The lowest BCUT2D eigenvalue weighted by atomic mass is 9.87. The van der Waals surface area contributed by atoms with Crippen LogP contribution in [0.3, 0.4) is 0 Å². The molecule has 1 atom stereocenters. The lowest BCUT2D eigenvalue weighted by molar-refractivity contribution is -0.133. The van der Waals surface area contributed by atoms with E-state index in [0.717, 1.165) is 39.3 Å². The first-order valence-electron chi connectivity index (χ1n) is 13.5. The highest BCUT2D eigenvalue weighted by atomic mass is 16.2. The van der Waals surface area contributed by atoms with Crippen molar-refractivity contribution in [3.63, 3.8) is 0 Å². The van der Waals surface area contributed by atoms with Crippen LogP contribution in [-0.4, -0.2) is 53.0 Å². The summed E-state index contributed by atoms with van der Waals surface area (Å²) >= 11 is 0. The molecule has 0 bridgehead atoms. The van der Waals surface area contributed by atoms with Crippen molar-refractivity contribution in [1.29, 1.82) is 0 Å². The number of nitrogens with zero attached hydrogens (tertiary/aromatic N) is 3. The van der Waals surface area contributed by atoms with Gasteiger partial charge in [0.15, 0.2) is 0 Å². The average Bonchev–Trinajstić information content (AvgIpc) is 3.32. The fourth-order valence-corrected chi connectivity index (χ4v) is 5.41. The number of amides is 1. The van der Waals surface area contributed by atoms with E-state index in [0.29, 0.717) is 6.42 Å². The number of piperazine rings is 1. The molecule has 1 saturated heterocycles. The number of rotatable bonds is 8. The highest BCUT2D eigenvalue weighted by Crippen LogP contribution is 2.35. The van der Waals surface area contributed by atoms with Gasteiger partial charge in [0.1, 0.15) is 0 Å². The smallest absolute Gasteiger partial charge is 0.223 e. The van der Waals surface area contributed by atoms with Gasteiger partial charge < -0.3 is 9.47 Å². The van der Waals surface area contributed by atoms with Crippen LogP contribution in [0.1, 0.15) is 41.5 Å². The SMILES string of the molecule is CCn1cc(C(CC(=O)N2CCN(C/C=C/c3ccccc3)CC2)c2ccc(C)cc2)c2ccccc21. The summed E-state index contributed by atoms with van der Waals surface area (Å²) in [6.07, 6.45) is 7.16. The second kappa shape index (κ2) is 11.6. The van der Waals surface area contributed by atoms with Crippen molar-refractivity contribution in [1.82, 2.24) is 14.4 Å². The predicted molar refractivity (Wildman–Crippen MR) is 154 cm³/mol. The molecule has 0 aliphatic carbocycles. The molecule has 37 heavy (non-hydrogen) atoms. The third kappa shape index (κ3) is 5.86. The molecule has 5 rings (SSSR count). The highest BCUT2D eigenvalue weighted by molar-refractivity contribution is 5.86. The van der Waals surface area contributed by atoms with Crippen LogP contribution in [-0.2, 0) is 11.3 Å². The molecule has 1 unspecified atom stereocenters. The number of hydrogen-bond donors (Lipinski definition) is 0. The maximum atomic E-state index is 13.6. The second-order valence-electron chi connectivity index (χ2n) is 10.0. The lowest BCUT2D eigenvalue weighted by Crippen LogP contribution is -2.48. The second-order valence-corrected chi connectivity index (χ2v) is 10.0. The molecule has 1 aliphatic heterocycles. The van der Waals surface area contributed by atoms with Crippen molar-refractivity contribution in [2.75, 3.05) is 32.7 Å². The normalized spacial score (nSPS) is 15.5. The summed E-state index contributed by atoms with van der Waals surface area (Å²) in [6.45, 7) is 9.52. The van der Waals surface area contributed by atoms with Crippen LogP contribution in [0.15, 0.2) is 91.1 Å². The van der Waals surface area contributed by atoms with Gasteiger partial charge in [0.25, 0.3) is 0 Å². The minimum atomic E-state index is 0.0395. The molecule has 4 heteroatoms. The van der Waals surface area contributed by atoms with Gasteiger partial charge in [-0.2, -0.15) is 0 Å². The van der Waals surface area contributed by atoms with E-state index in [9.17, 15) is 4.79 Å². The van der Waals surface area contributed by atoms with E-state index >= 15 is 0 Å². The lowest BCUT2D eigenvalue weighted by Gasteiger charge is -2.35. The number of aromatic nitrogens is 1.